The summed E-state index contributed by atoms with van der Waals surface area (Å²) in [5.41, 5.74) is 1.68. The monoisotopic (exact) mass is 288 g/mol. The van der Waals surface area contributed by atoms with Crippen molar-refractivity contribution in [2.45, 2.75) is 0 Å². The summed E-state index contributed by atoms with van der Waals surface area (Å²) < 4.78 is 19.1. The Morgan fingerprint density at radius 2 is 1.85 bits per heavy atom. The quantitative estimate of drug-likeness (QED) is 0.712. The van der Waals surface area contributed by atoms with Gasteiger partial charge in [0.1, 0.15) is 12.1 Å². The van der Waals surface area contributed by atoms with Crippen LogP contribution in [-0.4, -0.2) is 17.1 Å². The van der Waals surface area contributed by atoms with Crippen molar-refractivity contribution in [1.29, 1.82) is 0 Å². The van der Waals surface area contributed by atoms with Crippen LogP contribution in [0.5, 0.6) is 5.88 Å². The minimum atomic E-state index is -0.329. The largest absolute Gasteiger partial charge is 0.480 e. The summed E-state index contributed by atoms with van der Waals surface area (Å²) in [6.07, 6.45) is 1.40. The highest BCUT2D eigenvalue weighted by Crippen LogP contribution is 2.37. The smallest absolute Gasteiger partial charge is 0.225 e. The Labute approximate surface area is 120 Å². The molecule has 3 aromatic rings. The highest BCUT2D eigenvalue weighted by molar-refractivity contribution is 6.38. The molecule has 0 aliphatic heterocycles. The number of aromatic nitrogens is 2. The van der Waals surface area contributed by atoms with Gasteiger partial charge in [-0.25, -0.2) is 14.4 Å². The van der Waals surface area contributed by atoms with Gasteiger partial charge in [0, 0.05) is 11.1 Å². The van der Waals surface area contributed by atoms with Crippen LogP contribution < -0.4 is 4.74 Å². The highest BCUT2D eigenvalue weighted by atomic mass is 35.5. The molecule has 2 aromatic carbocycles. The minimum Gasteiger partial charge on any atom is -0.480 e. The molecule has 0 fully saturated rings. The van der Waals surface area contributed by atoms with Gasteiger partial charge < -0.3 is 4.74 Å². The highest BCUT2D eigenvalue weighted by Gasteiger charge is 2.15. The van der Waals surface area contributed by atoms with Crippen molar-refractivity contribution in [2.75, 3.05) is 7.11 Å². The zero-order chi connectivity index (χ0) is 14.1. The average Bonchev–Trinajstić information content (AvgIpc) is 2.48. The summed E-state index contributed by atoms with van der Waals surface area (Å²) >= 11 is 6.41. The zero-order valence-corrected chi connectivity index (χ0v) is 11.4. The molecule has 0 saturated carbocycles. The summed E-state index contributed by atoms with van der Waals surface area (Å²) in [5, 5.41) is 0.961. The van der Waals surface area contributed by atoms with Gasteiger partial charge in [-0.3, -0.25) is 0 Å². The fraction of sp³-hybridized carbons (Fsp3) is 0.0667. The number of halogens is 2. The van der Waals surface area contributed by atoms with Crippen LogP contribution in [0.4, 0.5) is 4.39 Å². The van der Waals surface area contributed by atoms with E-state index in [0.29, 0.717) is 32.9 Å². The van der Waals surface area contributed by atoms with Gasteiger partial charge in [-0.15, -0.1) is 0 Å². The maximum absolute atomic E-state index is 13.9. The maximum Gasteiger partial charge on any atom is 0.225 e. The SMILES string of the molecule is COc1ncnc2ccc(-c3ccccc3F)c(Cl)c12. The van der Waals surface area contributed by atoms with Crippen LogP contribution in [0.1, 0.15) is 0 Å². The zero-order valence-electron chi connectivity index (χ0n) is 10.6. The van der Waals surface area contributed by atoms with Crippen molar-refractivity contribution in [3.63, 3.8) is 0 Å². The summed E-state index contributed by atoms with van der Waals surface area (Å²) in [6, 6.07) is 9.99. The molecule has 5 heteroatoms. The van der Waals surface area contributed by atoms with Crippen molar-refractivity contribution < 1.29 is 9.13 Å². The molecular weight excluding hydrogens is 279 g/mol. The average molecular weight is 289 g/mol. The van der Waals surface area contributed by atoms with Crippen LogP contribution in [0.2, 0.25) is 5.02 Å². The third kappa shape index (κ3) is 1.98. The molecule has 0 aliphatic carbocycles. The van der Waals surface area contributed by atoms with Crippen molar-refractivity contribution in [1.82, 2.24) is 9.97 Å². The van der Waals surface area contributed by atoms with Gasteiger partial charge in [0.25, 0.3) is 0 Å². The van der Waals surface area contributed by atoms with E-state index < -0.39 is 0 Å². The van der Waals surface area contributed by atoms with Gasteiger partial charge in [-0.1, -0.05) is 35.9 Å². The fourth-order valence-electron chi connectivity index (χ4n) is 2.13. The van der Waals surface area contributed by atoms with Crippen molar-refractivity contribution in [3.05, 3.63) is 53.6 Å². The van der Waals surface area contributed by atoms with E-state index >= 15 is 0 Å². The van der Waals surface area contributed by atoms with E-state index in [1.165, 1.54) is 19.5 Å². The van der Waals surface area contributed by atoms with Gasteiger partial charge >= 0.3 is 0 Å². The lowest BCUT2D eigenvalue weighted by molar-refractivity contribution is 0.402. The molecule has 0 spiro atoms. The standard InChI is InChI=1S/C15H10ClFN2O/c1-20-15-13-12(18-8-19-15)7-6-10(14(13)16)9-4-2-3-5-11(9)17/h2-8H,1H3. The summed E-state index contributed by atoms with van der Waals surface area (Å²) in [7, 11) is 1.51. The lowest BCUT2D eigenvalue weighted by atomic mass is 10.0. The molecule has 1 heterocycles. The first-order valence-electron chi connectivity index (χ1n) is 5.94. The third-order valence-electron chi connectivity index (χ3n) is 3.06. The van der Waals surface area contributed by atoms with Crippen LogP contribution in [0.15, 0.2) is 42.7 Å². The van der Waals surface area contributed by atoms with Crippen LogP contribution in [-0.2, 0) is 0 Å². The van der Waals surface area contributed by atoms with Gasteiger partial charge in [-0.05, 0) is 12.1 Å². The first-order chi connectivity index (χ1) is 9.72. The van der Waals surface area contributed by atoms with Gasteiger partial charge in [0.05, 0.1) is 23.0 Å². The normalized spacial score (nSPS) is 10.8. The second-order valence-electron chi connectivity index (χ2n) is 4.18. The molecule has 0 atom stereocenters. The number of nitrogens with zero attached hydrogens (tertiary/aromatic N) is 2. The predicted octanol–water partition coefficient (Wildman–Crippen LogP) is 4.10. The Morgan fingerprint density at radius 1 is 1.05 bits per heavy atom. The molecule has 0 bridgehead atoms. The fourth-order valence-corrected chi connectivity index (χ4v) is 2.47. The van der Waals surface area contributed by atoms with Gasteiger partial charge in [0.15, 0.2) is 0 Å². The second kappa shape index (κ2) is 5.06. The third-order valence-corrected chi connectivity index (χ3v) is 3.46. The molecule has 0 radical (unpaired) electrons. The van der Waals surface area contributed by atoms with Crippen LogP contribution in [0.25, 0.3) is 22.0 Å². The number of hydrogen-bond acceptors (Lipinski definition) is 3. The number of rotatable bonds is 2. The Balaban J connectivity index is 2.34. The van der Waals surface area contributed by atoms with E-state index in [0.717, 1.165) is 0 Å². The molecule has 20 heavy (non-hydrogen) atoms. The predicted molar refractivity (Wildman–Crippen MR) is 76.5 cm³/mol. The van der Waals surface area contributed by atoms with Crippen LogP contribution >= 0.6 is 11.6 Å². The summed E-state index contributed by atoms with van der Waals surface area (Å²) in [5.74, 6) is 0.0442. The molecule has 0 amide bonds. The molecule has 0 saturated heterocycles. The van der Waals surface area contributed by atoms with E-state index in [9.17, 15) is 4.39 Å². The summed E-state index contributed by atoms with van der Waals surface area (Å²) in [6.45, 7) is 0. The molecule has 3 nitrogen and oxygen atoms in total. The van der Waals surface area contributed by atoms with E-state index in [1.807, 2.05) is 0 Å². The van der Waals surface area contributed by atoms with Gasteiger partial charge in [0.2, 0.25) is 5.88 Å². The molecule has 1 aromatic heterocycles. The lowest BCUT2D eigenvalue weighted by Gasteiger charge is -2.10. The van der Waals surface area contributed by atoms with Crippen LogP contribution in [0.3, 0.4) is 0 Å². The number of ether oxygens (including phenoxy) is 1. The molecule has 3 rings (SSSR count). The number of hydrogen-bond donors (Lipinski definition) is 0. The number of methoxy groups -OCH3 is 1. The van der Waals surface area contributed by atoms with E-state index in [1.54, 1.807) is 30.3 Å². The minimum absolute atomic E-state index is 0.329. The van der Waals surface area contributed by atoms with Gasteiger partial charge in [-0.2, -0.15) is 0 Å². The lowest BCUT2D eigenvalue weighted by Crippen LogP contribution is -1.93. The Hall–Kier alpha value is -2.20. The van der Waals surface area contributed by atoms with E-state index in [-0.39, 0.29) is 5.82 Å². The van der Waals surface area contributed by atoms with E-state index in [2.05, 4.69) is 9.97 Å². The van der Waals surface area contributed by atoms with Crippen LogP contribution in [0, 0.1) is 5.82 Å². The molecular formula is C15H10ClFN2O. The molecule has 0 unspecified atom stereocenters. The first kappa shape index (κ1) is 12.8. The molecule has 100 valence electrons. The Morgan fingerprint density at radius 3 is 2.60 bits per heavy atom. The summed E-state index contributed by atoms with van der Waals surface area (Å²) in [4.78, 5) is 8.17. The Kier molecular flexibility index (Phi) is 3.24. The topological polar surface area (TPSA) is 35.0 Å². The molecule has 0 aliphatic rings. The molecule has 0 N–H and O–H groups in total. The van der Waals surface area contributed by atoms with Crippen molar-refractivity contribution in [2.24, 2.45) is 0 Å². The second-order valence-corrected chi connectivity index (χ2v) is 4.56. The van der Waals surface area contributed by atoms with Crippen molar-refractivity contribution >= 4 is 22.5 Å². The van der Waals surface area contributed by atoms with Crippen molar-refractivity contribution in [3.8, 4) is 17.0 Å². The first-order valence-corrected chi connectivity index (χ1v) is 6.32. The Bertz CT molecular complexity index is 792. The number of benzene rings is 2. The van der Waals surface area contributed by atoms with E-state index in [4.69, 9.17) is 16.3 Å². The number of fused-ring (bicyclic) bond motifs is 1. The maximum atomic E-state index is 13.9.